The number of rotatable bonds is 7. The van der Waals surface area contributed by atoms with Gasteiger partial charge in [-0.1, -0.05) is 11.6 Å². The third-order valence-corrected chi connectivity index (χ3v) is 4.20. The van der Waals surface area contributed by atoms with Crippen LogP contribution < -0.4 is 15.8 Å². The first kappa shape index (κ1) is 19.6. The van der Waals surface area contributed by atoms with Crippen LogP contribution in [-0.4, -0.2) is 46.5 Å². The maximum Gasteiger partial charge on any atom is 0.277 e. The fourth-order valence-corrected chi connectivity index (χ4v) is 2.66. The van der Waals surface area contributed by atoms with Crippen molar-refractivity contribution in [2.75, 3.05) is 31.9 Å². The Hall–Kier alpha value is -3.17. The Labute approximate surface area is 166 Å². The molecule has 0 aliphatic rings. The molecule has 2 aromatic heterocycles. The molecule has 3 aromatic rings. The lowest BCUT2D eigenvalue weighted by molar-refractivity contribution is 0.102. The molecular formula is C18H19ClN6O3. The molecule has 146 valence electrons. The lowest BCUT2D eigenvalue weighted by atomic mass is 10.1. The van der Waals surface area contributed by atoms with Crippen LogP contribution >= 0.6 is 11.6 Å². The Morgan fingerprint density at radius 2 is 2.14 bits per heavy atom. The van der Waals surface area contributed by atoms with Gasteiger partial charge in [-0.3, -0.25) is 9.48 Å². The van der Waals surface area contributed by atoms with E-state index in [9.17, 15) is 4.79 Å². The van der Waals surface area contributed by atoms with Gasteiger partial charge in [0.25, 0.3) is 5.91 Å². The molecule has 28 heavy (non-hydrogen) atoms. The van der Waals surface area contributed by atoms with Crippen molar-refractivity contribution in [1.82, 2.24) is 19.7 Å². The van der Waals surface area contributed by atoms with Gasteiger partial charge in [-0.2, -0.15) is 5.10 Å². The number of nitrogens with two attached hydrogens (primary N) is 1. The van der Waals surface area contributed by atoms with Crippen molar-refractivity contribution < 1.29 is 14.3 Å². The maximum absolute atomic E-state index is 12.3. The van der Waals surface area contributed by atoms with E-state index < -0.39 is 5.91 Å². The Morgan fingerprint density at radius 3 is 2.86 bits per heavy atom. The average Bonchev–Trinajstić information content (AvgIpc) is 3.16. The Morgan fingerprint density at radius 1 is 1.32 bits per heavy atom. The summed E-state index contributed by atoms with van der Waals surface area (Å²) < 4.78 is 11.8. The number of hydrogen-bond donors (Lipinski definition) is 2. The molecule has 10 heteroatoms. The molecule has 0 atom stereocenters. The summed E-state index contributed by atoms with van der Waals surface area (Å²) in [6.07, 6.45) is 3.10. The van der Waals surface area contributed by atoms with Gasteiger partial charge in [0.1, 0.15) is 11.4 Å². The summed E-state index contributed by atoms with van der Waals surface area (Å²) in [5.41, 5.74) is 7.25. The monoisotopic (exact) mass is 402 g/mol. The first-order valence-corrected chi connectivity index (χ1v) is 8.69. The minimum absolute atomic E-state index is 0.124. The molecule has 0 fully saturated rings. The summed E-state index contributed by atoms with van der Waals surface area (Å²) in [4.78, 5) is 20.8. The van der Waals surface area contributed by atoms with E-state index in [0.29, 0.717) is 35.2 Å². The first-order chi connectivity index (χ1) is 13.5. The minimum atomic E-state index is -0.419. The van der Waals surface area contributed by atoms with E-state index in [2.05, 4.69) is 20.4 Å². The van der Waals surface area contributed by atoms with Crippen molar-refractivity contribution >= 4 is 29.1 Å². The largest absolute Gasteiger partial charge is 0.497 e. The van der Waals surface area contributed by atoms with Gasteiger partial charge in [-0.15, -0.1) is 0 Å². The van der Waals surface area contributed by atoms with Crippen molar-refractivity contribution in [3.8, 4) is 17.0 Å². The van der Waals surface area contributed by atoms with Gasteiger partial charge < -0.3 is 20.5 Å². The molecule has 0 aliphatic carbocycles. The number of benzene rings is 1. The molecule has 0 spiro atoms. The van der Waals surface area contributed by atoms with Gasteiger partial charge in [-0.05, 0) is 24.3 Å². The fourth-order valence-electron chi connectivity index (χ4n) is 2.46. The number of anilines is 2. The van der Waals surface area contributed by atoms with E-state index in [0.717, 1.165) is 0 Å². The van der Waals surface area contributed by atoms with Crippen LogP contribution in [0.4, 0.5) is 11.6 Å². The molecule has 0 bridgehead atoms. The number of hydrogen-bond acceptors (Lipinski definition) is 7. The van der Waals surface area contributed by atoms with Crippen molar-refractivity contribution in [3.05, 3.63) is 47.4 Å². The lowest BCUT2D eigenvalue weighted by Crippen LogP contribution is -2.15. The van der Waals surface area contributed by atoms with Crippen LogP contribution in [0.15, 0.2) is 36.7 Å². The van der Waals surface area contributed by atoms with E-state index in [4.69, 9.17) is 26.8 Å². The van der Waals surface area contributed by atoms with Crippen LogP contribution in [-0.2, 0) is 11.3 Å². The summed E-state index contributed by atoms with van der Waals surface area (Å²) in [5.74, 6) is 0.523. The molecule has 9 nitrogen and oxygen atoms in total. The first-order valence-electron chi connectivity index (χ1n) is 8.32. The summed E-state index contributed by atoms with van der Waals surface area (Å²) in [6.45, 7) is 1.05. The highest BCUT2D eigenvalue weighted by atomic mass is 35.5. The SMILES string of the molecule is COCCn1ccc(C(=O)Nc2cnc(-c3cc(OC)ccc3Cl)c(N)n2)n1. The number of aromatic nitrogens is 4. The number of nitrogens with one attached hydrogen (secondary N) is 1. The predicted octanol–water partition coefficient (Wildman–Crippen LogP) is 2.48. The van der Waals surface area contributed by atoms with E-state index in [1.54, 1.807) is 49.4 Å². The number of carbonyl (C=O) groups excluding carboxylic acids is 1. The molecule has 0 radical (unpaired) electrons. The molecule has 1 aromatic carbocycles. The number of nitrogens with zero attached hydrogens (tertiary/aromatic N) is 4. The van der Waals surface area contributed by atoms with E-state index in [1.165, 1.54) is 6.20 Å². The molecule has 2 heterocycles. The standard InChI is InChI=1S/C18H19ClN6O3/c1-27-8-7-25-6-5-14(24-25)18(26)23-15-10-21-16(17(20)22-15)12-9-11(28-2)3-4-13(12)19/h3-6,9-10H,7-8H2,1-2H3,(H3,20,22,23,26). The minimum Gasteiger partial charge on any atom is -0.497 e. The highest BCUT2D eigenvalue weighted by Crippen LogP contribution is 2.33. The van der Waals surface area contributed by atoms with Crippen LogP contribution in [0.1, 0.15) is 10.5 Å². The molecule has 0 saturated carbocycles. The fraction of sp³-hybridized carbons (Fsp3) is 0.222. The lowest BCUT2D eigenvalue weighted by Gasteiger charge is -2.10. The van der Waals surface area contributed by atoms with E-state index >= 15 is 0 Å². The molecule has 0 unspecified atom stereocenters. The van der Waals surface area contributed by atoms with Crippen LogP contribution in [0, 0.1) is 0 Å². The topological polar surface area (TPSA) is 117 Å². The quantitative estimate of drug-likeness (QED) is 0.623. The molecular weight excluding hydrogens is 384 g/mol. The van der Waals surface area contributed by atoms with Gasteiger partial charge in [0.05, 0.1) is 31.5 Å². The highest BCUT2D eigenvalue weighted by Gasteiger charge is 2.15. The Bertz CT molecular complexity index is 991. The number of amides is 1. The number of halogens is 1. The normalized spacial score (nSPS) is 10.7. The summed E-state index contributed by atoms with van der Waals surface area (Å²) >= 11 is 6.23. The van der Waals surface area contributed by atoms with Crippen molar-refractivity contribution in [2.45, 2.75) is 6.54 Å². The third-order valence-electron chi connectivity index (χ3n) is 3.87. The number of nitrogen functional groups attached to an aromatic ring is 1. The second-order valence-electron chi connectivity index (χ2n) is 5.75. The number of ether oxygens (including phenoxy) is 2. The highest BCUT2D eigenvalue weighted by molar-refractivity contribution is 6.33. The van der Waals surface area contributed by atoms with Gasteiger partial charge >= 0.3 is 0 Å². The van der Waals surface area contributed by atoms with Gasteiger partial charge in [0, 0.05) is 18.9 Å². The average molecular weight is 403 g/mol. The zero-order valence-electron chi connectivity index (χ0n) is 15.3. The van der Waals surface area contributed by atoms with Crippen LogP contribution in [0.2, 0.25) is 5.02 Å². The second-order valence-corrected chi connectivity index (χ2v) is 6.15. The van der Waals surface area contributed by atoms with Gasteiger partial charge in [0.2, 0.25) is 0 Å². The molecule has 0 saturated heterocycles. The smallest absolute Gasteiger partial charge is 0.277 e. The number of methoxy groups -OCH3 is 2. The molecule has 3 N–H and O–H groups in total. The second kappa shape index (κ2) is 8.68. The predicted molar refractivity (Wildman–Crippen MR) is 105 cm³/mol. The zero-order valence-corrected chi connectivity index (χ0v) is 16.1. The van der Waals surface area contributed by atoms with Crippen molar-refractivity contribution in [1.29, 1.82) is 0 Å². The Balaban J connectivity index is 1.77. The summed E-state index contributed by atoms with van der Waals surface area (Å²) in [6, 6.07) is 6.74. The van der Waals surface area contributed by atoms with E-state index in [-0.39, 0.29) is 17.3 Å². The third kappa shape index (κ3) is 4.38. The van der Waals surface area contributed by atoms with E-state index in [1.807, 2.05) is 0 Å². The molecule has 1 amide bonds. The van der Waals surface area contributed by atoms with Crippen molar-refractivity contribution in [3.63, 3.8) is 0 Å². The zero-order chi connectivity index (χ0) is 20.1. The molecule has 3 rings (SSSR count). The molecule has 0 aliphatic heterocycles. The van der Waals surface area contributed by atoms with Gasteiger partial charge in [-0.25, -0.2) is 9.97 Å². The van der Waals surface area contributed by atoms with Crippen molar-refractivity contribution in [2.24, 2.45) is 0 Å². The van der Waals surface area contributed by atoms with Crippen LogP contribution in [0.3, 0.4) is 0 Å². The summed E-state index contributed by atoms with van der Waals surface area (Å²) in [7, 11) is 3.15. The van der Waals surface area contributed by atoms with Crippen LogP contribution in [0.5, 0.6) is 5.75 Å². The maximum atomic E-state index is 12.3. The number of carbonyl (C=O) groups is 1. The van der Waals surface area contributed by atoms with Gasteiger partial charge in [0.15, 0.2) is 17.3 Å². The summed E-state index contributed by atoms with van der Waals surface area (Å²) in [5, 5.41) is 7.26. The van der Waals surface area contributed by atoms with Crippen LogP contribution in [0.25, 0.3) is 11.3 Å². The Kier molecular flexibility index (Phi) is 6.07.